The molecule has 1 aliphatic rings. The molecule has 2 rings (SSSR count). The van der Waals surface area contributed by atoms with Crippen LogP contribution >= 0.6 is 0 Å². The molecule has 1 N–H and O–H groups in total. The molecular weight excluding hydrogens is 287 g/mol. The summed E-state index contributed by atoms with van der Waals surface area (Å²) in [5.74, 6) is -0.425. The third-order valence-electron chi connectivity index (χ3n) is 3.69. The highest BCUT2D eigenvalue weighted by Crippen LogP contribution is 2.27. The minimum Gasteiger partial charge on any atom is -0.491 e. The van der Waals surface area contributed by atoms with Gasteiger partial charge in [-0.15, -0.1) is 0 Å². The van der Waals surface area contributed by atoms with Gasteiger partial charge in [0.05, 0.1) is 12.3 Å². The van der Waals surface area contributed by atoms with E-state index in [-0.39, 0.29) is 11.8 Å². The molecule has 2 amide bonds. The Bertz CT molecular complexity index is 562. The maximum absolute atomic E-state index is 13.3. The second-order valence-electron chi connectivity index (χ2n) is 5.39. The van der Waals surface area contributed by atoms with Crippen molar-refractivity contribution in [2.24, 2.45) is 0 Å². The van der Waals surface area contributed by atoms with Crippen molar-refractivity contribution in [2.75, 3.05) is 19.0 Å². The molecule has 1 heterocycles. The zero-order valence-corrected chi connectivity index (χ0v) is 12.9. The van der Waals surface area contributed by atoms with Crippen LogP contribution in [0, 0.1) is 5.82 Å². The van der Waals surface area contributed by atoms with Crippen molar-refractivity contribution in [3.05, 3.63) is 24.0 Å². The molecule has 120 valence electrons. The number of piperidine rings is 1. The number of carbonyl (C=O) groups excluding carboxylic acids is 2. The van der Waals surface area contributed by atoms with Crippen LogP contribution in [0.25, 0.3) is 0 Å². The number of amides is 2. The highest BCUT2D eigenvalue weighted by atomic mass is 19.1. The summed E-state index contributed by atoms with van der Waals surface area (Å²) in [6.45, 7) is 2.38. The Morgan fingerprint density at radius 1 is 1.50 bits per heavy atom. The quantitative estimate of drug-likeness (QED) is 0.909. The first-order chi connectivity index (χ1) is 10.5. The molecule has 0 aromatic heterocycles. The predicted molar refractivity (Wildman–Crippen MR) is 81.2 cm³/mol. The summed E-state index contributed by atoms with van der Waals surface area (Å²) in [5.41, 5.74) is 0.422. The molecule has 1 unspecified atom stereocenters. The van der Waals surface area contributed by atoms with Gasteiger partial charge in [0.2, 0.25) is 11.8 Å². The van der Waals surface area contributed by atoms with E-state index in [1.165, 1.54) is 23.1 Å². The van der Waals surface area contributed by atoms with Gasteiger partial charge in [0.25, 0.3) is 0 Å². The van der Waals surface area contributed by atoms with Gasteiger partial charge in [-0.25, -0.2) is 4.39 Å². The smallest absolute Gasteiger partial charge is 0.247 e. The first-order valence-electron chi connectivity index (χ1n) is 7.51. The van der Waals surface area contributed by atoms with Gasteiger partial charge in [-0.05, 0) is 31.4 Å². The summed E-state index contributed by atoms with van der Waals surface area (Å²) in [4.78, 5) is 25.5. The Balaban J connectivity index is 2.12. The lowest BCUT2D eigenvalue weighted by atomic mass is 10.0. The fourth-order valence-corrected chi connectivity index (χ4v) is 2.44. The molecule has 0 aliphatic carbocycles. The van der Waals surface area contributed by atoms with Crippen LogP contribution < -0.4 is 10.1 Å². The molecule has 22 heavy (non-hydrogen) atoms. The van der Waals surface area contributed by atoms with Crippen LogP contribution in [0.2, 0.25) is 0 Å². The van der Waals surface area contributed by atoms with Crippen LogP contribution in [-0.2, 0) is 9.59 Å². The van der Waals surface area contributed by atoms with E-state index in [1.54, 1.807) is 7.05 Å². The van der Waals surface area contributed by atoms with E-state index in [1.807, 2.05) is 6.92 Å². The molecule has 1 fully saturated rings. The van der Waals surface area contributed by atoms with Crippen molar-refractivity contribution < 1.29 is 18.7 Å². The lowest BCUT2D eigenvalue weighted by molar-refractivity contribution is -0.140. The van der Waals surface area contributed by atoms with Crippen LogP contribution in [0.4, 0.5) is 10.1 Å². The van der Waals surface area contributed by atoms with Gasteiger partial charge in [-0.2, -0.15) is 0 Å². The molecule has 1 aromatic rings. The van der Waals surface area contributed by atoms with Crippen molar-refractivity contribution in [1.29, 1.82) is 0 Å². The number of halogens is 1. The van der Waals surface area contributed by atoms with Gasteiger partial charge >= 0.3 is 0 Å². The molecule has 1 saturated heterocycles. The van der Waals surface area contributed by atoms with E-state index in [4.69, 9.17) is 4.74 Å². The largest absolute Gasteiger partial charge is 0.491 e. The van der Waals surface area contributed by atoms with E-state index in [0.29, 0.717) is 37.3 Å². The average Bonchev–Trinajstić information content (AvgIpc) is 2.50. The average molecular weight is 308 g/mol. The van der Waals surface area contributed by atoms with E-state index in [9.17, 15) is 14.0 Å². The first-order valence-corrected chi connectivity index (χ1v) is 7.51. The fraction of sp³-hybridized carbons (Fsp3) is 0.500. The van der Waals surface area contributed by atoms with E-state index in [0.717, 1.165) is 6.42 Å². The molecule has 6 heteroatoms. The summed E-state index contributed by atoms with van der Waals surface area (Å²) in [6, 6.07) is 3.50. The molecule has 0 spiro atoms. The van der Waals surface area contributed by atoms with Gasteiger partial charge in [-0.1, -0.05) is 6.92 Å². The molecule has 1 aromatic carbocycles. The lowest BCUT2D eigenvalue weighted by Gasteiger charge is -2.31. The topological polar surface area (TPSA) is 58.6 Å². The first kappa shape index (κ1) is 16.3. The number of carbonyl (C=O) groups is 2. The molecular formula is C16H21FN2O3. The second kappa shape index (κ2) is 7.24. The summed E-state index contributed by atoms with van der Waals surface area (Å²) in [6.07, 6.45) is 2.58. The third kappa shape index (κ3) is 3.75. The number of nitrogens with one attached hydrogen (secondary N) is 1. The molecule has 1 atom stereocenters. The Kier molecular flexibility index (Phi) is 5.35. The Hall–Kier alpha value is -2.11. The summed E-state index contributed by atoms with van der Waals surface area (Å²) in [7, 11) is 1.63. The number of likely N-dealkylation sites (N-methyl/N-ethyl adjacent to an activating group) is 1. The number of hydrogen-bond acceptors (Lipinski definition) is 3. The number of benzene rings is 1. The van der Waals surface area contributed by atoms with E-state index < -0.39 is 11.9 Å². The predicted octanol–water partition coefficient (Wildman–Crippen LogP) is 2.56. The minimum atomic E-state index is -0.495. The van der Waals surface area contributed by atoms with Crippen molar-refractivity contribution in [1.82, 2.24) is 4.90 Å². The van der Waals surface area contributed by atoms with Crippen LogP contribution in [0.5, 0.6) is 5.75 Å². The van der Waals surface area contributed by atoms with E-state index >= 15 is 0 Å². The van der Waals surface area contributed by atoms with Gasteiger partial charge < -0.3 is 15.0 Å². The standard InChI is InChI=1S/C16H21FN2O3/c1-3-9-22-14-10-11(17)7-8-12(14)18-16(21)13-5-4-6-15(20)19(13)2/h7-8,10,13H,3-6,9H2,1-2H3,(H,18,21). The van der Waals surface area contributed by atoms with Gasteiger partial charge in [0, 0.05) is 19.5 Å². The van der Waals surface area contributed by atoms with Crippen molar-refractivity contribution in [3.8, 4) is 5.75 Å². The zero-order valence-electron chi connectivity index (χ0n) is 12.9. The fourth-order valence-electron chi connectivity index (χ4n) is 2.44. The highest BCUT2D eigenvalue weighted by Gasteiger charge is 2.30. The number of likely N-dealkylation sites (tertiary alicyclic amines) is 1. The Morgan fingerprint density at radius 3 is 3.00 bits per heavy atom. The maximum Gasteiger partial charge on any atom is 0.247 e. The number of ether oxygens (including phenoxy) is 1. The number of rotatable bonds is 5. The van der Waals surface area contributed by atoms with Crippen molar-refractivity contribution >= 4 is 17.5 Å². The molecule has 0 radical (unpaired) electrons. The maximum atomic E-state index is 13.3. The SMILES string of the molecule is CCCOc1cc(F)ccc1NC(=O)C1CCCC(=O)N1C. The number of hydrogen-bond donors (Lipinski definition) is 1. The number of nitrogens with zero attached hydrogens (tertiary/aromatic N) is 1. The summed E-state index contributed by atoms with van der Waals surface area (Å²) < 4.78 is 18.8. The van der Waals surface area contributed by atoms with Crippen LogP contribution in [0.1, 0.15) is 32.6 Å². The molecule has 5 nitrogen and oxygen atoms in total. The minimum absolute atomic E-state index is 0.0343. The Morgan fingerprint density at radius 2 is 2.27 bits per heavy atom. The second-order valence-corrected chi connectivity index (χ2v) is 5.39. The number of anilines is 1. The van der Waals surface area contributed by atoms with Crippen LogP contribution in [-0.4, -0.2) is 36.4 Å². The highest BCUT2D eigenvalue weighted by molar-refractivity contribution is 5.98. The van der Waals surface area contributed by atoms with Crippen molar-refractivity contribution in [3.63, 3.8) is 0 Å². The van der Waals surface area contributed by atoms with Crippen LogP contribution in [0.15, 0.2) is 18.2 Å². The van der Waals surface area contributed by atoms with Crippen LogP contribution in [0.3, 0.4) is 0 Å². The monoisotopic (exact) mass is 308 g/mol. The van der Waals surface area contributed by atoms with Crippen molar-refractivity contribution in [2.45, 2.75) is 38.6 Å². The van der Waals surface area contributed by atoms with Gasteiger partial charge in [0.1, 0.15) is 17.6 Å². The third-order valence-corrected chi connectivity index (χ3v) is 3.69. The molecule has 1 aliphatic heterocycles. The van der Waals surface area contributed by atoms with Gasteiger partial charge in [0.15, 0.2) is 0 Å². The Labute approximate surface area is 129 Å². The molecule has 0 bridgehead atoms. The lowest BCUT2D eigenvalue weighted by Crippen LogP contribution is -2.47. The van der Waals surface area contributed by atoms with E-state index in [2.05, 4.69) is 5.32 Å². The summed E-state index contributed by atoms with van der Waals surface area (Å²) >= 11 is 0. The van der Waals surface area contributed by atoms with Gasteiger partial charge in [-0.3, -0.25) is 9.59 Å². The normalized spacial score (nSPS) is 18.2. The summed E-state index contributed by atoms with van der Waals surface area (Å²) in [5, 5.41) is 2.74. The zero-order chi connectivity index (χ0) is 16.1. The molecule has 0 saturated carbocycles.